The van der Waals surface area contributed by atoms with Crippen molar-refractivity contribution in [1.82, 2.24) is 5.32 Å². The first-order valence-corrected chi connectivity index (χ1v) is 11.2. The number of nitrogens with one attached hydrogen (secondary N) is 2. The molecule has 1 aliphatic heterocycles. The Kier molecular flexibility index (Phi) is 6.69. The van der Waals surface area contributed by atoms with Gasteiger partial charge >= 0.3 is 0 Å². The van der Waals surface area contributed by atoms with Crippen molar-refractivity contribution in [2.75, 3.05) is 16.8 Å². The van der Waals surface area contributed by atoms with Crippen molar-refractivity contribution in [2.24, 2.45) is 0 Å². The van der Waals surface area contributed by atoms with Gasteiger partial charge in [-0.15, -0.1) is 0 Å². The monoisotopic (exact) mass is 464 g/mol. The Bertz CT molecular complexity index is 1180. The predicted octanol–water partition coefficient (Wildman–Crippen LogP) is 5.36. The van der Waals surface area contributed by atoms with Crippen LogP contribution in [-0.2, 0) is 0 Å². The topological polar surface area (TPSA) is 101 Å². The van der Waals surface area contributed by atoms with E-state index < -0.39 is 10.8 Å². The lowest BCUT2D eigenvalue weighted by Gasteiger charge is -2.35. The average Bonchev–Trinajstić information content (AvgIpc) is 3.31. The molecule has 0 saturated carbocycles. The summed E-state index contributed by atoms with van der Waals surface area (Å²) in [7, 11) is 0. The van der Waals surface area contributed by atoms with Crippen molar-refractivity contribution < 1.29 is 14.1 Å². The number of carbonyl (C=O) groups excluding carboxylic acids is 1. The predicted molar refractivity (Wildman–Crippen MR) is 132 cm³/mol. The maximum atomic E-state index is 12.5. The smallest absolute Gasteiger partial charge is 0.293 e. The number of hydrogen-bond acceptors (Lipinski definition) is 6. The summed E-state index contributed by atoms with van der Waals surface area (Å²) in [5.41, 5.74) is 2.39. The fourth-order valence-electron chi connectivity index (χ4n) is 3.93. The maximum Gasteiger partial charge on any atom is 0.293 e. The molecule has 1 amide bonds. The summed E-state index contributed by atoms with van der Waals surface area (Å²) < 4.78 is 5.58. The Morgan fingerprint density at radius 3 is 2.67 bits per heavy atom. The van der Waals surface area contributed by atoms with Crippen LogP contribution < -0.4 is 15.5 Å². The molecule has 2 N–H and O–H groups in total. The molecule has 3 aromatic rings. The molecule has 1 atom stereocenters. The van der Waals surface area contributed by atoms with E-state index in [1.165, 1.54) is 43.1 Å². The zero-order chi connectivity index (χ0) is 23.4. The van der Waals surface area contributed by atoms with Gasteiger partial charge in [-0.2, -0.15) is 0 Å². The van der Waals surface area contributed by atoms with E-state index in [-0.39, 0.29) is 16.6 Å². The molecule has 2 heterocycles. The van der Waals surface area contributed by atoms with Crippen molar-refractivity contribution >= 4 is 40.3 Å². The molecule has 4 rings (SSSR count). The Balaban J connectivity index is 1.36. The standard InChI is InChI=1S/C24H24N4O4S/c1-16-5-2-3-14-27(16)19-10-8-18(9-11-19)25-24(33)26-23(29)22-13-12-21(32-22)17-6-4-7-20(15-17)28(30)31/h4,6-13,15-16H,2-3,5,14H2,1H3,(H2,25,26,29,33)/t16-/m0/s1. The van der Waals surface area contributed by atoms with Crippen molar-refractivity contribution in [2.45, 2.75) is 32.2 Å². The highest BCUT2D eigenvalue weighted by atomic mass is 32.1. The number of thiocarbonyl (C=S) groups is 1. The molecular weight excluding hydrogens is 440 g/mol. The molecule has 8 nitrogen and oxygen atoms in total. The number of nitro benzene ring substituents is 1. The number of rotatable bonds is 5. The van der Waals surface area contributed by atoms with Gasteiger partial charge in [0.05, 0.1) is 4.92 Å². The van der Waals surface area contributed by atoms with Crippen LogP contribution in [0.3, 0.4) is 0 Å². The number of piperidine rings is 1. The molecule has 0 bridgehead atoms. The third-order valence-electron chi connectivity index (χ3n) is 5.66. The third-order valence-corrected chi connectivity index (χ3v) is 5.86. The quantitative estimate of drug-likeness (QED) is 0.298. The minimum absolute atomic E-state index is 0.0510. The molecule has 170 valence electrons. The summed E-state index contributed by atoms with van der Waals surface area (Å²) in [6, 6.07) is 17.6. The Labute approximate surface area is 196 Å². The first-order valence-electron chi connectivity index (χ1n) is 10.7. The second-order valence-electron chi connectivity index (χ2n) is 7.96. The lowest BCUT2D eigenvalue weighted by molar-refractivity contribution is -0.384. The van der Waals surface area contributed by atoms with Crippen molar-refractivity contribution in [3.8, 4) is 11.3 Å². The zero-order valence-corrected chi connectivity index (χ0v) is 18.9. The highest BCUT2D eigenvalue weighted by molar-refractivity contribution is 7.80. The molecule has 33 heavy (non-hydrogen) atoms. The minimum Gasteiger partial charge on any atom is -0.451 e. The van der Waals surface area contributed by atoms with Gasteiger partial charge in [-0.1, -0.05) is 12.1 Å². The first-order chi connectivity index (χ1) is 15.9. The van der Waals surface area contributed by atoms with Gasteiger partial charge in [-0.05, 0) is 74.8 Å². The highest BCUT2D eigenvalue weighted by Gasteiger charge is 2.19. The number of furan rings is 1. The minimum atomic E-state index is -0.511. The van der Waals surface area contributed by atoms with Gasteiger partial charge in [0.1, 0.15) is 5.76 Å². The summed E-state index contributed by atoms with van der Waals surface area (Å²) in [5.74, 6) is -0.108. The van der Waals surface area contributed by atoms with E-state index in [2.05, 4.69) is 22.5 Å². The Morgan fingerprint density at radius 2 is 1.94 bits per heavy atom. The largest absolute Gasteiger partial charge is 0.451 e. The molecular formula is C24H24N4O4S. The molecule has 0 aliphatic carbocycles. The van der Waals surface area contributed by atoms with Crippen LogP contribution >= 0.6 is 12.2 Å². The van der Waals surface area contributed by atoms with Gasteiger partial charge in [0.15, 0.2) is 10.9 Å². The number of nitro groups is 1. The molecule has 1 aliphatic rings. The number of anilines is 2. The van der Waals surface area contributed by atoms with Crippen LogP contribution in [-0.4, -0.2) is 28.5 Å². The van der Waals surface area contributed by atoms with Crippen molar-refractivity contribution in [3.05, 3.63) is 76.5 Å². The second kappa shape index (κ2) is 9.83. The number of hydrogen-bond donors (Lipinski definition) is 2. The average molecular weight is 465 g/mol. The molecule has 9 heteroatoms. The summed E-state index contributed by atoms with van der Waals surface area (Å²) in [5, 5.41) is 16.7. The number of carbonyl (C=O) groups is 1. The van der Waals surface area contributed by atoms with Crippen molar-refractivity contribution in [1.29, 1.82) is 0 Å². The van der Waals surface area contributed by atoms with E-state index in [1.807, 2.05) is 24.3 Å². The Morgan fingerprint density at radius 1 is 1.15 bits per heavy atom. The van der Waals surface area contributed by atoms with Crippen LogP contribution in [0.4, 0.5) is 17.1 Å². The number of amides is 1. The van der Waals surface area contributed by atoms with Gasteiger partial charge in [-0.3, -0.25) is 20.2 Å². The number of benzene rings is 2. The van der Waals surface area contributed by atoms with Crippen LogP contribution in [0.5, 0.6) is 0 Å². The lowest BCUT2D eigenvalue weighted by Crippen LogP contribution is -2.37. The van der Waals surface area contributed by atoms with Crippen LogP contribution in [0.2, 0.25) is 0 Å². The normalized spacial score (nSPS) is 15.7. The summed E-state index contributed by atoms with van der Waals surface area (Å²) in [6.45, 7) is 3.30. The summed E-state index contributed by atoms with van der Waals surface area (Å²) in [6.07, 6.45) is 3.68. The summed E-state index contributed by atoms with van der Waals surface area (Å²) >= 11 is 5.26. The molecule has 0 unspecified atom stereocenters. The van der Waals surface area contributed by atoms with Gasteiger partial charge in [0, 0.05) is 41.7 Å². The van der Waals surface area contributed by atoms with Crippen molar-refractivity contribution in [3.63, 3.8) is 0 Å². The molecule has 1 aromatic heterocycles. The van der Waals surface area contributed by atoms with E-state index in [0.717, 1.165) is 12.2 Å². The van der Waals surface area contributed by atoms with Gasteiger partial charge < -0.3 is 14.6 Å². The van der Waals surface area contributed by atoms with E-state index in [9.17, 15) is 14.9 Å². The van der Waals surface area contributed by atoms with E-state index in [1.54, 1.807) is 18.2 Å². The third kappa shape index (κ3) is 5.38. The lowest BCUT2D eigenvalue weighted by atomic mass is 10.0. The van der Waals surface area contributed by atoms with Gasteiger partial charge in [0.2, 0.25) is 0 Å². The first kappa shape index (κ1) is 22.5. The molecule has 0 radical (unpaired) electrons. The van der Waals surface area contributed by atoms with Crippen LogP contribution in [0.15, 0.2) is 65.1 Å². The van der Waals surface area contributed by atoms with E-state index in [0.29, 0.717) is 17.4 Å². The van der Waals surface area contributed by atoms with E-state index in [4.69, 9.17) is 16.6 Å². The number of non-ortho nitro benzene ring substituents is 1. The van der Waals surface area contributed by atoms with Gasteiger partial charge in [-0.25, -0.2) is 0 Å². The second-order valence-corrected chi connectivity index (χ2v) is 8.37. The maximum absolute atomic E-state index is 12.5. The van der Waals surface area contributed by atoms with E-state index >= 15 is 0 Å². The van der Waals surface area contributed by atoms with Crippen LogP contribution in [0.1, 0.15) is 36.7 Å². The van der Waals surface area contributed by atoms with Crippen LogP contribution in [0.25, 0.3) is 11.3 Å². The SMILES string of the molecule is C[C@H]1CCCCN1c1ccc(NC(=S)NC(=O)c2ccc(-c3cccc([N+](=O)[O-])c3)o2)cc1. The zero-order valence-electron chi connectivity index (χ0n) is 18.1. The summed E-state index contributed by atoms with van der Waals surface area (Å²) in [4.78, 5) is 25.4. The van der Waals surface area contributed by atoms with Gasteiger partial charge in [0.25, 0.3) is 11.6 Å². The number of nitrogens with zero attached hydrogens (tertiary/aromatic N) is 2. The molecule has 0 spiro atoms. The van der Waals surface area contributed by atoms with Crippen LogP contribution in [0, 0.1) is 10.1 Å². The molecule has 1 saturated heterocycles. The molecule has 1 fully saturated rings. The fourth-order valence-corrected chi connectivity index (χ4v) is 4.14. The highest BCUT2D eigenvalue weighted by Crippen LogP contribution is 2.27. The fraction of sp³-hybridized carbons (Fsp3) is 0.250. The Hall–Kier alpha value is -3.72. The molecule has 2 aromatic carbocycles.